The van der Waals surface area contributed by atoms with Gasteiger partial charge in [0.2, 0.25) is 0 Å². The Morgan fingerprint density at radius 2 is 2.04 bits per heavy atom. The highest BCUT2D eigenvalue weighted by atomic mass is 35.5. The van der Waals surface area contributed by atoms with Crippen LogP contribution in [0, 0.1) is 0 Å². The standard InChI is InChI=1S/C20H16ClN3O2/c21-18-8-3-5-15(11-18)14-26-19-9-2-1-6-16(19)13-23-24-20(25)17-7-4-10-22-12-17/h1-13H,14H2,(H,24,25)/b23-13+. The number of halogens is 1. The van der Waals surface area contributed by atoms with Crippen LogP contribution in [0.5, 0.6) is 5.75 Å². The van der Waals surface area contributed by atoms with Crippen LogP contribution in [0.2, 0.25) is 5.02 Å². The summed E-state index contributed by atoms with van der Waals surface area (Å²) in [6, 6.07) is 18.3. The number of carbonyl (C=O) groups excluding carboxylic acids is 1. The van der Waals surface area contributed by atoms with Crippen molar-refractivity contribution in [1.29, 1.82) is 0 Å². The van der Waals surface area contributed by atoms with Gasteiger partial charge < -0.3 is 4.74 Å². The van der Waals surface area contributed by atoms with Crippen molar-refractivity contribution in [1.82, 2.24) is 10.4 Å². The van der Waals surface area contributed by atoms with Crippen LogP contribution in [0.1, 0.15) is 21.5 Å². The number of hydrazone groups is 1. The Labute approximate surface area is 156 Å². The van der Waals surface area contributed by atoms with Crippen molar-refractivity contribution in [3.05, 3.63) is 94.8 Å². The van der Waals surface area contributed by atoms with E-state index in [-0.39, 0.29) is 5.91 Å². The van der Waals surface area contributed by atoms with Gasteiger partial charge in [0.05, 0.1) is 11.8 Å². The molecule has 3 rings (SSSR count). The number of amides is 1. The SMILES string of the molecule is O=C(N/N=C/c1ccccc1OCc1cccc(Cl)c1)c1cccnc1. The highest BCUT2D eigenvalue weighted by Gasteiger charge is 2.04. The zero-order chi connectivity index (χ0) is 18.2. The Hall–Kier alpha value is -3.18. The Bertz CT molecular complexity index is 914. The van der Waals surface area contributed by atoms with Crippen molar-refractivity contribution in [2.24, 2.45) is 5.10 Å². The van der Waals surface area contributed by atoms with E-state index in [1.165, 1.54) is 6.20 Å². The number of nitrogens with zero attached hydrogens (tertiary/aromatic N) is 2. The van der Waals surface area contributed by atoms with Crippen molar-refractivity contribution in [3.63, 3.8) is 0 Å². The topological polar surface area (TPSA) is 63.6 Å². The molecule has 26 heavy (non-hydrogen) atoms. The number of aromatic nitrogens is 1. The molecule has 1 aromatic heterocycles. The van der Waals surface area contributed by atoms with Gasteiger partial charge in [0.25, 0.3) is 5.91 Å². The lowest BCUT2D eigenvalue weighted by Gasteiger charge is -2.09. The highest BCUT2D eigenvalue weighted by Crippen LogP contribution is 2.18. The molecule has 3 aromatic rings. The van der Waals surface area contributed by atoms with Gasteiger partial charge in [-0.2, -0.15) is 5.10 Å². The van der Waals surface area contributed by atoms with Crippen LogP contribution in [0.15, 0.2) is 78.2 Å². The number of ether oxygens (including phenoxy) is 1. The van der Waals surface area contributed by atoms with Gasteiger partial charge in [0.15, 0.2) is 0 Å². The number of para-hydroxylation sites is 1. The molecule has 0 unspecified atom stereocenters. The second-order valence-electron chi connectivity index (χ2n) is 5.40. The molecule has 1 amide bonds. The minimum Gasteiger partial charge on any atom is -0.488 e. The number of hydrogen-bond acceptors (Lipinski definition) is 4. The van der Waals surface area contributed by atoms with Crippen molar-refractivity contribution in [2.75, 3.05) is 0 Å². The van der Waals surface area contributed by atoms with Crippen LogP contribution in [-0.2, 0) is 6.61 Å². The van der Waals surface area contributed by atoms with Gasteiger partial charge >= 0.3 is 0 Å². The van der Waals surface area contributed by atoms with Gasteiger partial charge in [-0.15, -0.1) is 0 Å². The lowest BCUT2D eigenvalue weighted by Crippen LogP contribution is -2.17. The first-order chi connectivity index (χ1) is 12.7. The molecule has 1 heterocycles. The van der Waals surface area contributed by atoms with E-state index in [4.69, 9.17) is 16.3 Å². The summed E-state index contributed by atoms with van der Waals surface area (Å²) >= 11 is 5.99. The zero-order valence-electron chi connectivity index (χ0n) is 13.8. The highest BCUT2D eigenvalue weighted by molar-refractivity contribution is 6.30. The Morgan fingerprint density at radius 1 is 1.15 bits per heavy atom. The zero-order valence-corrected chi connectivity index (χ0v) is 14.6. The molecule has 0 bridgehead atoms. The third-order valence-corrected chi connectivity index (χ3v) is 3.73. The largest absolute Gasteiger partial charge is 0.488 e. The predicted molar refractivity (Wildman–Crippen MR) is 102 cm³/mol. The molecule has 0 spiro atoms. The Kier molecular flexibility index (Phi) is 5.96. The average molecular weight is 366 g/mol. The van der Waals surface area contributed by atoms with Crippen LogP contribution >= 0.6 is 11.6 Å². The van der Waals surface area contributed by atoms with E-state index in [0.717, 1.165) is 11.1 Å². The van der Waals surface area contributed by atoms with Crippen molar-refractivity contribution >= 4 is 23.7 Å². The maximum atomic E-state index is 12.0. The fourth-order valence-corrected chi connectivity index (χ4v) is 2.44. The predicted octanol–water partition coefficient (Wildman–Crippen LogP) is 4.08. The van der Waals surface area contributed by atoms with E-state index in [2.05, 4.69) is 15.5 Å². The molecule has 0 aliphatic heterocycles. The van der Waals surface area contributed by atoms with Gasteiger partial charge in [-0.3, -0.25) is 9.78 Å². The van der Waals surface area contributed by atoms with E-state index in [1.807, 2.05) is 48.5 Å². The van der Waals surface area contributed by atoms with Crippen LogP contribution in [0.25, 0.3) is 0 Å². The number of nitrogens with one attached hydrogen (secondary N) is 1. The number of rotatable bonds is 6. The summed E-state index contributed by atoms with van der Waals surface area (Å²) in [6.45, 7) is 0.382. The first kappa shape index (κ1) is 17.6. The molecule has 0 saturated heterocycles. The van der Waals surface area contributed by atoms with E-state index in [0.29, 0.717) is 22.9 Å². The molecule has 0 radical (unpaired) electrons. The fourth-order valence-electron chi connectivity index (χ4n) is 2.23. The van der Waals surface area contributed by atoms with Crippen LogP contribution in [0.4, 0.5) is 0 Å². The summed E-state index contributed by atoms with van der Waals surface area (Å²) in [5, 5.41) is 4.66. The maximum Gasteiger partial charge on any atom is 0.272 e. The van der Waals surface area contributed by atoms with Gasteiger partial charge in [-0.25, -0.2) is 5.43 Å². The molecule has 0 saturated carbocycles. The molecule has 0 aliphatic rings. The van der Waals surface area contributed by atoms with Crippen LogP contribution in [-0.4, -0.2) is 17.1 Å². The second kappa shape index (κ2) is 8.78. The summed E-state index contributed by atoms with van der Waals surface area (Å²) in [5.74, 6) is 0.332. The lowest BCUT2D eigenvalue weighted by molar-refractivity contribution is 0.0954. The lowest BCUT2D eigenvalue weighted by atomic mass is 10.2. The number of benzene rings is 2. The minimum atomic E-state index is -0.327. The molecular formula is C20H16ClN3O2. The number of hydrogen-bond donors (Lipinski definition) is 1. The summed E-state index contributed by atoms with van der Waals surface area (Å²) in [6.07, 6.45) is 4.63. The van der Waals surface area contributed by atoms with Gasteiger partial charge in [0, 0.05) is 23.0 Å². The van der Waals surface area contributed by atoms with Crippen molar-refractivity contribution in [2.45, 2.75) is 6.61 Å². The van der Waals surface area contributed by atoms with Crippen molar-refractivity contribution < 1.29 is 9.53 Å². The molecular weight excluding hydrogens is 350 g/mol. The summed E-state index contributed by atoms with van der Waals surface area (Å²) in [7, 11) is 0. The number of pyridine rings is 1. The van der Waals surface area contributed by atoms with Crippen LogP contribution in [0.3, 0.4) is 0 Å². The minimum absolute atomic E-state index is 0.327. The van der Waals surface area contributed by atoms with Crippen LogP contribution < -0.4 is 10.2 Å². The van der Waals surface area contributed by atoms with E-state index in [1.54, 1.807) is 24.5 Å². The molecule has 5 nitrogen and oxygen atoms in total. The smallest absolute Gasteiger partial charge is 0.272 e. The molecule has 1 N–H and O–H groups in total. The van der Waals surface area contributed by atoms with Gasteiger partial charge in [-0.1, -0.05) is 35.9 Å². The molecule has 0 aliphatic carbocycles. The van der Waals surface area contributed by atoms with E-state index < -0.39 is 0 Å². The Balaban J connectivity index is 1.64. The number of carbonyl (C=O) groups is 1. The molecule has 0 atom stereocenters. The summed E-state index contributed by atoms with van der Waals surface area (Å²) < 4.78 is 5.85. The first-order valence-electron chi connectivity index (χ1n) is 7.92. The maximum absolute atomic E-state index is 12.0. The third-order valence-electron chi connectivity index (χ3n) is 3.50. The summed E-state index contributed by atoms with van der Waals surface area (Å²) in [4.78, 5) is 15.9. The monoisotopic (exact) mass is 365 g/mol. The third kappa shape index (κ3) is 4.91. The average Bonchev–Trinajstić information content (AvgIpc) is 2.68. The van der Waals surface area contributed by atoms with E-state index >= 15 is 0 Å². The Morgan fingerprint density at radius 3 is 2.85 bits per heavy atom. The van der Waals surface area contributed by atoms with Gasteiger partial charge in [-0.05, 0) is 42.0 Å². The molecule has 0 fully saturated rings. The van der Waals surface area contributed by atoms with Gasteiger partial charge in [0.1, 0.15) is 12.4 Å². The molecule has 130 valence electrons. The summed E-state index contributed by atoms with van der Waals surface area (Å²) in [5.41, 5.74) is 4.63. The first-order valence-corrected chi connectivity index (χ1v) is 8.30. The quantitative estimate of drug-likeness (QED) is 0.529. The molecule has 2 aromatic carbocycles. The fraction of sp³-hybridized carbons (Fsp3) is 0.0500. The van der Waals surface area contributed by atoms with Crippen molar-refractivity contribution in [3.8, 4) is 5.75 Å². The second-order valence-corrected chi connectivity index (χ2v) is 5.83. The normalized spacial score (nSPS) is 10.7. The van der Waals surface area contributed by atoms with E-state index in [9.17, 15) is 4.79 Å². The molecule has 6 heteroatoms.